The van der Waals surface area contributed by atoms with E-state index in [0.29, 0.717) is 52.3 Å². The Labute approximate surface area is 398 Å². The monoisotopic (exact) mass is 919 g/mol. The van der Waals surface area contributed by atoms with Gasteiger partial charge in [0.1, 0.15) is 0 Å². The Bertz CT molecular complexity index is 1930. The van der Waals surface area contributed by atoms with Crippen molar-refractivity contribution in [3.05, 3.63) is 178 Å². The third-order valence-corrected chi connectivity index (χ3v) is 12.2. The van der Waals surface area contributed by atoms with Crippen LogP contribution in [0, 0.1) is 41.4 Å². The van der Waals surface area contributed by atoms with Crippen LogP contribution in [-0.4, -0.2) is 35.6 Å². The molecule has 0 amide bonds. The predicted octanol–water partition coefficient (Wildman–Crippen LogP) is 13.1. The van der Waals surface area contributed by atoms with Gasteiger partial charge in [0.25, 0.3) is 0 Å². The quantitative estimate of drug-likeness (QED) is 0.123. The number of rotatable bonds is 11. The number of aliphatic imine (C=N–C) groups is 1. The third kappa shape index (κ3) is 17.9. The topological polar surface area (TPSA) is 90.6 Å². The standard InChI is InChI=1S/C35H52N3.3C7H5O.Zr/c1-22-17-24(3)34(25(4)18-22)33(21-30-13-10-9-11-14-30)36-28(7)31-15-12-16-32(38-31)29(8)37-35-26(5)19-23(2)20-27(35)6;3*8-6-7-4-2-1-3-5-7;/h9-16,22-29,33-34H,17-21H2,1-8H3;3*1-5H;/q4*-1;+4. The van der Waals surface area contributed by atoms with Crippen molar-refractivity contribution >= 4 is 24.6 Å². The van der Waals surface area contributed by atoms with Crippen molar-refractivity contribution in [1.82, 2.24) is 4.98 Å². The molecule has 2 saturated carbocycles. The molecule has 4 aromatic carbocycles. The molecule has 2 aliphatic carbocycles. The fraction of sp³-hybridized carbons (Fsp3) is 0.411. The van der Waals surface area contributed by atoms with Crippen molar-refractivity contribution in [2.75, 3.05) is 0 Å². The molecule has 6 nitrogen and oxygen atoms in total. The van der Waals surface area contributed by atoms with Crippen LogP contribution in [0.25, 0.3) is 5.32 Å². The van der Waals surface area contributed by atoms with Crippen LogP contribution in [0.3, 0.4) is 0 Å². The zero-order valence-electron chi connectivity index (χ0n) is 38.7. The van der Waals surface area contributed by atoms with Gasteiger partial charge in [0.15, 0.2) is 0 Å². The molecule has 328 valence electrons. The molecule has 7 unspecified atom stereocenters. The Morgan fingerprint density at radius 1 is 0.556 bits per heavy atom. The summed E-state index contributed by atoms with van der Waals surface area (Å²) in [6, 6.07) is 44.6. The van der Waals surface area contributed by atoms with Crippen LogP contribution in [0.4, 0.5) is 0 Å². The first-order valence-electron chi connectivity index (χ1n) is 22.5. The van der Waals surface area contributed by atoms with Crippen LogP contribution in [0.5, 0.6) is 0 Å². The third-order valence-electron chi connectivity index (χ3n) is 12.2. The fourth-order valence-corrected chi connectivity index (χ4v) is 9.53. The molecule has 0 bridgehead atoms. The van der Waals surface area contributed by atoms with Crippen LogP contribution in [-0.2, 0) is 47.0 Å². The van der Waals surface area contributed by atoms with E-state index in [-0.39, 0.29) is 38.3 Å². The van der Waals surface area contributed by atoms with E-state index in [9.17, 15) is 14.4 Å². The molecule has 5 aromatic rings. The maximum Gasteiger partial charge on any atom is 4.00 e. The molecule has 1 aromatic heterocycles. The number of hydrogen-bond donors (Lipinski definition) is 0. The average molecular weight is 921 g/mol. The first kappa shape index (κ1) is 52.9. The van der Waals surface area contributed by atoms with Gasteiger partial charge in [-0.2, -0.15) is 53.1 Å². The molecule has 1 heterocycles. The summed E-state index contributed by atoms with van der Waals surface area (Å²) in [6.07, 6.45) is 11.5. The van der Waals surface area contributed by atoms with Crippen molar-refractivity contribution in [2.24, 2.45) is 46.4 Å². The summed E-state index contributed by atoms with van der Waals surface area (Å²) in [6.45, 7) is 18.9. The molecule has 2 aliphatic rings. The number of carbonyl (C=O) groups excluding carboxylic acids is 3. The van der Waals surface area contributed by atoms with Crippen LogP contribution in [0.15, 0.2) is 145 Å². The summed E-state index contributed by atoms with van der Waals surface area (Å²) >= 11 is 0. The van der Waals surface area contributed by atoms with Gasteiger partial charge in [-0.1, -0.05) is 115 Å². The van der Waals surface area contributed by atoms with E-state index in [4.69, 9.17) is 15.3 Å². The van der Waals surface area contributed by atoms with Gasteiger partial charge in [-0.05, 0) is 92.2 Å². The minimum Gasteiger partial charge on any atom is -0.651 e. The number of nitrogens with zero attached hydrogens (tertiary/aromatic N) is 3. The second-order valence-corrected chi connectivity index (χ2v) is 17.7. The van der Waals surface area contributed by atoms with E-state index in [1.807, 2.05) is 18.2 Å². The smallest absolute Gasteiger partial charge is 0.651 e. The fourth-order valence-electron chi connectivity index (χ4n) is 9.53. The van der Waals surface area contributed by atoms with E-state index < -0.39 is 0 Å². The van der Waals surface area contributed by atoms with E-state index >= 15 is 0 Å². The Kier molecular flexibility index (Phi) is 23.8. The first-order valence-corrected chi connectivity index (χ1v) is 22.5. The van der Waals surface area contributed by atoms with Crippen molar-refractivity contribution in [1.29, 1.82) is 0 Å². The molecule has 0 aliphatic heterocycles. The van der Waals surface area contributed by atoms with E-state index in [2.05, 4.69) is 104 Å². The molecule has 2 fully saturated rings. The maximum absolute atomic E-state index is 9.88. The van der Waals surface area contributed by atoms with Gasteiger partial charge in [-0.25, -0.2) is 0 Å². The minimum atomic E-state index is 0. The van der Waals surface area contributed by atoms with Gasteiger partial charge in [-0.15, -0.1) is 42.4 Å². The molecule has 0 spiro atoms. The summed E-state index contributed by atoms with van der Waals surface area (Å²) in [5.41, 5.74) is 6.74. The van der Waals surface area contributed by atoms with Crippen LogP contribution in [0.1, 0.15) is 127 Å². The zero-order chi connectivity index (χ0) is 44.9. The van der Waals surface area contributed by atoms with Crippen LogP contribution < -0.4 is 0 Å². The summed E-state index contributed by atoms with van der Waals surface area (Å²) in [7, 11) is 0. The minimum absolute atomic E-state index is 0. The van der Waals surface area contributed by atoms with Gasteiger partial charge >= 0.3 is 26.2 Å². The first-order chi connectivity index (χ1) is 29.9. The van der Waals surface area contributed by atoms with Crippen LogP contribution >= 0.6 is 0 Å². The van der Waals surface area contributed by atoms with Gasteiger partial charge in [0, 0.05) is 11.4 Å². The number of benzene rings is 4. The largest absolute Gasteiger partial charge is 4.00 e. The van der Waals surface area contributed by atoms with E-state index in [0.717, 1.165) is 29.6 Å². The molecule has 0 radical (unpaired) electrons. The van der Waals surface area contributed by atoms with Gasteiger partial charge < -0.3 is 19.7 Å². The van der Waals surface area contributed by atoms with E-state index in [1.54, 1.807) is 91.7 Å². The van der Waals surface area contributed by atoms with Crippen LogP contribution in [0.2, 0.25) is 0 Å². The molecular weight excluding hydrogens is 854 g/mol. The van der Waals surface area contributed by atoms with E-state index in [1.165, 1.54) is 37.0 Å². The number of hydrogen-bond acceptors (Lipinski definition) is 5. The summed E-state index contributed by atoms with van der Waals surface area (Å²) < 4.78 is 0. The summed E-state index contributed by atoms with van der Waals surface area (Å²) in [4.78, 5) is 40.0. The molecule has 7 rings (SSSR count). The summed E-state index contributed by atoms with van der Waals surface area (Å²) in [5.74, 6) is 4.72. The number of aromatic nitrogens is 1. The van der Waals surface area contributed by atoms with Gasteiger partial charge in [0.05, 0.1) is 30.6 Å². The molecule has 63 heavy (non-hydrogen) atoms. The normalized spacial score (nSPS) is 22.8. The molecule has 0 N–H and O–H groups in total. The van der Waals surface area contributed by atoms with Crippen molar-refractivity contribution in [3.8, 4) is 0 Å². The molecule has 7 heteroatoms. The number of pyridine rings is 1. The predicted molar refractivity (Wildman–Crippen MR) is 256 cm³/mol. The Morgan fingerprint density at radius 2 is 0.952 bits per heavy atom. The Balaban J connectivity index is 0.000000337. The molecular formula is C56H67N3O3Zr. The Morgan fingerprint density at radius 3 is 1.37 bits per heavy atom. The van der Waals surface area contributed by atoms with Crippen molar-refractivity contribution in [2.45, 2.75) is 106 Å². The molecule has 7 atom stereocenters. The van der Waals surface area contributed by atoms with Crippen molar-refractivity contribution in [3.63, 3.8) is 0 Å². The maximum atomic E-state index is 9.88. The second kappa shape index (κ2) is 28.4. The van der Waals surface area contributed by atoms with Gasteiger partial charge in [-0.3, -0.25) is 9.98 Å². The van der Waals surface area contributed by atoms with Gasteiger partial charge in [0.2, 0.25) is 0 Å². The Hall–Kier alpha value is -4.45. The zero-order valence-corrected chi connectivity index (χ0v) is 41.1. The molecule has 0 saturated heterocycles. The van der Waals surface area contributed by atoms with Crippen molar-refractivity contribution < 1.29 is 40.6 Å². The SMILES string of the molecule is CC1CC(C)C(=NC(C)c2cccc(C(C)[N-]C(Cc3ccccc3)C3C(C)CC(C)CC3C)n2)C(C)C1.O=[C-]c1ccccc1.O=[C-]c1ccccc1.O=[C-]c1ccccc1.[Zr+4]. The summed E-state index contributed by atoms with van der Waals surface area (Å²) in [5, 5.41) is 5.54. The average Bonchev–Trinajstić information content (AvgIpc) is 3.29. The second-order valence-electron chi connectivity index (χ2n) is 17.7.